The van der Waals surface area contributed by atoms with Gasteiger partial charge in [0.15, 0.2) is 0 Å². The Bertz CT molecular complexity index is 2030. The molecule has 4 aromatic rings. The van der Waals surface area contributed by atoms with Gasteiger partial charge in [-0.2, -0.15) is 0 Å². The third-order valence-corrected chi connectivity index (χ3v) is 9.25. The Labute approximate surface area is 360 Å². The molecule has 0 spiro atoms. The molecule has 1 N–H and O–H groups in total. The molecule has 0 aliphatic rings. The van der Waals surface area contributed by atoms with Crippen molar-refractivity contribution >= 4 is 46.4 Å². The fourth-order valence-electron chi connectivity index (χ4n) is 5.96. The number of carbonyl (C=O) groups excluding carboxylic acids is 4. The van der Waals surface area contributed by atoms with E-state index in [1.54, 1.807) is 91.9 Å². The molecule has 17 nitrogen and oxygen atoms in total. The summed E-state index contributed by atoms with van der Waals surface area (Å²) in [6.45, 7) is 6.86. The second kappa shape index (κ2) is 25.6. The zero-order valence-electron chi connectivity index (χ0n) is 35.6. The number of non-ortho nitro benzene ring substituents is 1. The van der Waals surface area contributed by atoms with Gasteiger partial charge in [-0.15, -0.1) is 0 Å². The first kappa shape index (κ1) is 48.6. The number of ether oxygens (including phenoxy) is 7. The molecule has 0 radical (unpaired) electrons. The van der Waals surface area contributed by atoms with Gasteiger partial charge in [-0.1, -0.05) is 0 Å². The van der Waals surface area contributed by atoms with Gasteiger partial charge in [-0.05, 0) is 98.8 Å². The second-order valence-corrected chi connectivity index (χ2v) is 13.8. The average molecular weight is 859 g/mol. The number of benzene rings is 4. The van der Waals surface area contributed by atoms with E-state index >= 15 is 0 Å². The highest BCUT2D eigenvalue weighted by molar-refractivity contribution is 6.09. The highest BCUT2D eigenvalue weighted by Crippen LogP contribution is 2.25. The molecule has 0 bridgehead atoms. The van der Waals surface area contributed by atoms with Crippen LogP contribution in [-0.4, -0.2) is 128 Å². The van der Waals surface area contributed by atoms with Crippen molar-refractivity contribution in [2.45, 2.75) is 26.1 Å². The molecule has 0 fully saturated rings. The number of amides is 3. The lowest BCUT2D eigenvalue weighted by Crippen LogP contribution is -2.39. The summed E-state index contributed by atoms with van der Waals surface area (Å²) < 4.78 is 37.7. The Kier molecular flexibility index (Phi) is 20.1. The highest BCUT2D eigenvalue weighted by Gasteiger charge is 2.25. The standard InChI is InChI=1S/C45H54N4O13/c1-32(61-28-26-59-24-22-56-3)30-47(39-16-8-34(9-17-39)42(50)46-38-14-6-37(7-15-38)45(53)58-5)43(51)35-10-18-40(19-11-35)48(31-33(2)62-29-27-60-25-23-57-4)44(52)36-12-20-41(21-13-36)49(54)55/h6-21,32-33H,22-31H2,1-5H3,(H,46,50)/t32-,33-/m1/s1. The Morgan fingerprint density at radius 1 is 0.565 bits per heavy atom. The van der Waals surface area contributed by atoms with Crippen molar-refractivity contribution in [2.24, 2.45) is 0 Å². The van der Waals surface area contributed by atoms with E-state index in [1.165, 1.54) is 36.3 Å². The van der Waals surface area contributed by atoms with Crippen LogP contribution in [0.25, 0.3) is 0 Å². The predicted octanol–water partition coefficient (Wildman–Crippen LogP) is 6.06. The zero-order valence-corrected chi connectivity index (χ0v) is 35.6. The summed E-state index contributed by atoms with van der Waals surface area (Å²) in [4.78, 5) is 67.0. The minimum atomic E-state index is -0.538. The molecule has 0 unspecified atom stereocenters. The molecule has 0 saturated heterocycles. The average Bonchev–Trinajstić information content (AvgIpc) is 3.29. The summed E-state index contributed by atoms with van der Waals surface area (Å²) in [6.07, 6.45) is -0.870. The maximum atomic E-state index is 14.3. The molecule has 0 aliphatic heterocycles. The van der Waals surface area contributed by atoms with Crippen molar-refractivity contribution in [3.8, 4) is 0 Å². The molecule has 0 aromatic heterocycles. The lowest BCUT2D eigenvalue weighted by molar-refractivity contribution is -0.384. The van der Waals surface area contributed by atoms with E-state index in [1.807, 2.05) is 13.8 Å². The third kappa shape index (κ3) is 15.1. The summed E-state index contributed by atoms with van der Waals surface area (Å²) in [5.74, 6) is -1.69. The van der Waals surface area contributed by atoms with Crippen LogP contribution in [-0.2, 0) is 33.2 Å². The lowest BCUT2D eigenvalue weighted by atomic mass is 10.1. The summed E-state index contributed by atoms with van der Waals surface area (Å²) in [6, 6.07) is 24.6. The van der Waals surface area contributed by atoms with Crippen molar-refractivity contribution in [3.05, 3.63) is 129 Å². The van der Waals surface area contributed by atoms with Gasteiger partial charge in [-0.25, -0.2) is 4.79 Å². The van der Waals surface area contributed by atoms with Crippen LogP contribution >= 0.6 is 0 Å². The first-order chi connectivity index (χ1) is 29.9. The lowest BCUT2D eigenvalue weighted by Gasteiger charge is -2.28. The second-order valence-electron chi connectivity index (χ2n) is 13.8. The molecule has 0 saturated carbocycles. The van der Waals surface area contributed by atoms with E-state index in [0.29, 0.717) is 73.4 Å². The summed E-state index contributed by atoms with van der Waals surface area (Å²) >= 11 is 0. The van der Waals surface area contributed by atoms with Gasteiger partial charge < -0.3 is 48.3 Å². The van der Waals surface area contributed by atoms with Crippen molar-refractivity contribution in [1.82, 2.24) is 0 Å². The van der Waals surface area contributed by atoms with Crippen molar-refractivity contribution < 1.29 is 57.3 Å². The molecule has 4 aromatic carbocycles. The van der Waals surface area contributed by atoms with Crippen LogP contribution in [0.1, 0.15) is 55.3 Å². The van der Waals surface area contributed by atoms with Crippen LogP contribution in [0, 0.1) is 10.1 Å². The number of rotatable bonds is 26. The molecule has 0 heterocycles. The van der Waals surface area contributed by atoms with E-state index in [2.05, 4.69) is 5.32 Å². The first-order valence-electron chi connectivity index (χ1n) is 19.9. The molecule has 3 amide bonds. The Morgan fingerprint density at radius 2 is 0.968 bits per heavy atom. The highest BCUT2D eigenvalue weighted by atomic mass is 16.6. The maximum absolute atomic E-state index is 14.3. The number of hydrogen-bond donors (Lipinski definition) is 1. The van der Waals surface area contributed by atoms with Gasteiger partial charge in [0, 0.05) is 60.1 Å². The number of anilines is 3. The van der Waals surface area contributed by atoms with E-state index in [9.17, 15) is 29.3 Å². The van der Waals surface area contributed by atoms with Gasteiger partial charge in [0.05, 0.1) is 95.7 Å². The molecule has 17 heteroatoms. The third-order valence-electron chi connectivity index (χ3n) is 9.25. The summed E-state index contributed by atoms with van der Waals surface area (Å²) in [5, 5.41) is 14.1. The number of carbonyl (C=O) groups is 4. The van der Waals surface area contributed by atoms with Crippen LogP contribution < -0.4 is 15.1 Å². The topological polar surface area (TPSA) is 195 Å². The fraction of sp³-hybridized carbons (Fsp3) is 0.378. The van der Waals surface area contributed by atoms with Crippen molar-refractivity contribution in [2.75, 3.05) is 102 Å². The number of nitro benzene ring substituents is 1. The number of esters is 1. The van der Waals surface area contributed by atoms with E-state index in [4.69, 9.17) is 33.2 Å². The SMILES string of the molecule is COCCOCCO[C@H](C)CN(C(=O)c1ccc(N(C[C@@H](C)OCCOCCOC)C(=O)c2ccc([N+](=O)[O-])cc2)cc1)c1ccc(C(=O)Nc2ccc(C(=O)OC)cc2)cc1. The minimum Gasteiger partial charge on any atom is -0.465 e. The molecule has 2 atom stereocenters. The quantitative estimate of drug-likeness (QED) is 0.0332. The van der Waals surface area contributed by atoms with E-state index in [0.717, 1.165) is 0 Å². The van der Waals surface area contributed by atoms with E-state index < -0.39 is 34.9 Å². The smallest absolute Gasteiger partial charge is 0.337 e. The number of hydrogen-bond acceptors (Lipinski definition) is 13. The monoisotopic (exact) mass is 858 g/mol. The van der Waals surface area contributed by atoms with E-state index in [-0.39, 0.29) is 43.5 Å². The Balaban J connectivity index is 1.56. The van der Waals surface area contributed by atoms with Crippen LogP contribution in [0.2, 0.25) is 0 Å². The number of nitrogens with one attached hydrogen (secondary N) is 1. The molecular formula is C45H54N4O13. The predicted molar refractivity (Wildman–Crippen MR) is 231 cm³/mol. The van der Waals surface area contributed by atoms with Gasteiger partial charge in [0.1, 0.15) is 0 Å². The number of nitrogens with zero attached hydrogens (tertiary/aromatic N) is 3. The van der Waals surface area contributed by atoms with Crippen LogP contribution in [0.5, 0.6) is 0 Å². The number of methoxy groups -OCH3 is 3. The normalized spacial score (nSPS) is 12.0. The Hall–Kier alpha value is -6.08. The van der Waals surface area contributed by atoms with Crippen molar-refractivity contribution in [3.63, 3.8) is 0 Å². The zero-order chi connectivity index (χ0) is 44.9. The summed E-state index contributed by atoms with van der Waals surface area (Å²) in [7, 11) is 4.46. The molecular weight excluding hydrogens is 805 g/mol. The van der Waals surface area contributed by atoms with Crippen LogP contribution in [0.3, 0.4) is 0 Å². The van der Waals surface area contributed by atoms with Gasteiger partial charge in [-0.3, -0.25) is 24.5 Å². The molecule has 0 aliphatic carbocycles. The number of nitro groups is 1. The van der Waals surface area contributed by atoms with Gasteiger partial charge in [0.25, 0.3) is 23.4 Å². The molecule has 4 rings (SSSR count). The minimum absolute atomic E-state index is 0.121. The maximum Gasteiger partial charge on any atom is 0.337 e. The van der Waals surface area contributed by atoms with Gasteiger partial charge in [0.2, 0.25) is 0 Å². The Morgan fingerprint density at radius 3 is 1.39 bits per heavy atom. The molecule has 62 heavy (non-hydrogen) atoms. The van der Waals surface area contributed by atoms with Gasteiger partial charge >= 0.3 is 5.97 Å². The largest absolute Gasteiger partial charge is 0.465 e. The fourth-order valence-corrected chi connectivity index (χ4v) is 5.96. The van der Waals surface area contributed by atoms with Crippen LogP contribution in [0.4, 0.5) is 22.7 Å². The molecule has 332 valence electrons. The first-order valence-corrected chi connectivity index (χ1v) is 19.9. The van der Waals surface area contributed by atoms with Crippen LogP contribution in [0.15, 0.2) is 97.1 Å². The summed E-state index contributed by atoms with van der Waals surface area (Å²) in [5.41, 5.74) is 2.49. The van der Waals surface area contributed by atoms with Crippen molar-refractivity contribution in [1.29, 1.82) is 0 Å².